The predicted octanol–water partition coefficient (Wildman–Crippen LogP) is 3.67. The number of nitrogens with one attached hydrogen (secondary N) is 1. The number of anilines is 1. The van der Waals surface area contributed by atoms with Gasteiger partial charge in [-0.05, 0) is 36.6 Å². The average Bonchev–Trinajstić information content (AvgIpc) is 2.62. The van der Waals surface area contributed by atoms with Gasteiger partial charge in [0.2, 0.25) is 0 Å². The van der Waals surface area contributed by atoms with Crippen LogP contribution in [0.5, 0.6) is 0 Å². The highest BCUT2D eigenvalue weighted by Gasteiger charge is 2.06. The molecule has 3 N–H and O–H groups in total. The molecule has 0 aliphatic carbocycles. The number of carboxylic acids is 2. The van der Waals surface area contributed by atoms with Crippen molar-refractivity contribution in [2.24, 2.45) is 0 Å². The monoisotopic (exact) mass is 338 g/mol. The summed E-state index contributed by atoms with van der Waals surface area (Å²) in [4.78, 5) is 25.2. The summed E-state index contributed by atoms with van der Waals surface area (Å²) >= 11 is 0. The zero-order chi connectivity index (χ0) is 18.4. The number of carboxylic acid groups (broad SMARTS) is 2. The largest absolute Gasteiger partial charge is 0.478 e. The van der Waals surface area contributed by atoms with Crippen LogP contribution in [0.4, 0.5) is 5.82 Å². The highest BCUT2D eigenvalue weighted by atomic mass is 16.4. The van der Waals surface area contributed by atoms with Crippen LogP contribution in [0.3, 0.4) is 0 Å². The number of aromatic nitrogens is 1. The molecule has 1 heterocycles. The molecule has 0 aliphatic rings. The first-order chi connectivity index (χ1) is 11.9. The molecule has 128 valence electrons. The highest BCUT2D eigenvalue weighted by molar-refractivity contribution is 5.93. The molecule has 0 saturated heterocycles. The maximum absolute atomic E-state index is 10.4. The van der Waals surface area contributed by atoms with Crippen molar-refractivity contribution in [3.05, 3.63) is 71.4 Å². The van der Waals surface area contributed by atoms with Crippen LogP contribution in [-0.4, -0.2) is 34.2 Å². The fourth-order valence-corrected chi connectivity index (χ4v) is 2.29. The minimum absolute atomic E-state index is 0.0186. The van der Waals surface area contributed by atoms with E-state index in [0.29, 0.717) is 0 Å². The molecule has 25 heavy (non-hydrogen) atoms. The van der Waals surface area contributed by atoms with E-state index in [1.54, 1.807) is 0 Å². The van der Waals surface area contributed by atoms with Crippen LogP contribution in [0.15, 0.2) is 54.6 Å². The first kappa shape index (κ1) is 17.9. The second-order valence-corrected chi connectivity index (χ2v) is 5.26. The fourth-order valence-electron chi connectivity index (χ4n) is 2.29. The lowest BCUT2D eigenvalue weighted by atomic mass is 10.1. The van der Waals surface area contributed by atoms with Crippen LogP contribution in [0.25, 0.3) is 10.8 Å². The molecular weight excluding hydrogens is 320 g/mol. The van der Waals surface area contributed by atoms with Gasteiger partial charge in [-0.25, -0.2) is 14.6 Å². The lowest BCUT2D eigenvalue weighted by molar-refractivity contribution is 0.0696. The molecular formula is C19H18N2O4. The quantitative estimate of drug-likeness (QED) is 0.674. The Bertz CT molecular complexity index is 893. The third-order valence-corrected chi connectivity index (χ3v) is 3.54. The Balaban J connectivity index is 0.000000181. The van der Waals surface area contributed by atoms with Crippen molar-refractivity contribution in [2.45, 2.75) is 6.92 Å². The van der Waals surface area contributed by atoms with E-state index in [9.17, 15) is 9.59 Å². The molecule has 3 rings (SSSR count). The smallest absolute Gasteiger partial charge is 0.335 e. The fraction of sp³-hybridized carbons (Fsp3) is 0.105. The van der Waals surface area contributed by atoms with Crippen molar-refractivity contribution in [2.75, 3.05) is 12.4 Å². The molecule has 1 aromatic heterocycles. The molecule has 0 aliphatic heterocycles. The maximum Gasteiger partial charge on any atom is 0.335 e. The summed E-state index contributed by atoms with van der Waals surface area (Å²) in [6.45, 7) is 2.03. The van der Waals surface area contributed by atoms with Crippen molar-refractivity contribution in [3.63, 3.8) is 0 Å². The molecule has 3 aromatic rings. The predicted molar refractivity (Wildman–Crippen MR) is 96.4 cm³/mol. The molecule has 0 radical (unpaired) electrons. The number of nitrogens with zero attached hydrogens (tertiary/aromatic N) is 1. The summed E-state index contributed by atoms with van der Waals surface area (Å²) in [5, 5.41) is 22.5. The Morgan fingerprint density at radius 3 is 2.08 bits per heavy atom. The van der Waals surface area contributed by atoms with Crippen molar-refractivity contribution < 1.29 is 19.8 Å². The molecule has 0 amide bonds. The van der Waals surface area contributed by atoms with Crippen LogP contribution >= 0.6 is 0 Å². The standard InChI is InChI=1S/C11H12N2.C8H6O4/c1-8-10-6-4-3-5-9(10)7-11(12-2)13-8;9-7(10)5-2-1-3-6(4-5)8(11)12/h3-7H,1-2H3,(H,12,13);1-4H,(H,9,10)(H,11,12). The van der Waals surface area contributed by atoms with Crippen molar-refractivity contribution in [1.82, 2.24) is 4.98 Å². The lowest BCUT2D eigenvalue weighted by Crippen LogP contribution is -2.01. The van der Waals surface area contributed by atoms with Crippen molar-refractivity contribution >= 4 is 28.5 Å². The molecule has 0 bridgehead atoms. The molecule has 0 spiro atoms. The lowest BCUT2D eigenvalue weighted by Gasteiger charge is -2.04. The molecule has 0 saturated carbocycles. The van der Waals surface area contributed by atoms with E-state index in [2.05, 4.69) is 28.5 Å². The minimum atomic E-state index is -1.13. The van der Waals surface area contributed by atoms with Crippen LogP contribution in [0.2, 0.25) is 0 Å². The van der Waals surface area contributed by atoms with Crippen LogP contribution in [-0.2, 0) is 0 Å². The van der Waals surface area contributed by atoms with Gasteiger partial charge in [0.05, 0.1) is 11.1 Å². The zero-order valence-corrected chi connectivity index (χ0v) is 13.9. The number of hydrogen-bond acceptors (Lipinski definition) is 4. The Morgan fingerprint density at radius 2 is 1.52 bits per heavy atom. The molecule has 0 unspecified atom stereocenters. The summed E-state index contributed by atoms with van der Waals surface area (Å²) in [6.07, 6.45) is 0. The second-order valence-electron chi connectivity index (χ2n) is 5.26. The molecule has 0 fully saturated rings. The number of hydrogen-bond donors (Lipinski definition) is 3. The van der Waals surface area contributed by atoms with E-state index < -0.39 is 11.9 Å². The average molecular weight is 338 g/mol. The Morgan fingerprint density at radius 1 is 0.920 bits per heavy atom. The number of benzene rings is 2. The number of rotatable bonds is 3. The van der Waals surface area contributed by atoms with Gasteiger partial charge in [0, 0.05) is 18.1 Å². The van der Waals surface area contributed by atoms with Crippen molar-refractivity contribution in [3.8, 4) is 0 Å². The first-order valence-electron chi connectivity index (χ1n) is 7.53. The van der Waals surface area contributed by atoms with Gasteiger partial charge >= 0.3 is 11.9 Å². The minimum Gasteiger partial charge on any atom is -0.478 e. The van der Waals surface area contributed by atoms with E-state index in [1.807, 2.05) is 26.1 Å². The maximum atomic E-state index is 10.4. The summed E-state index contributed by atoms with van der Waals surface area (Å²) in [7, 11) is 1.89. The third kappa shape index (κ3) is 4.54. The molecule has 6 nitrogen and oxygen atoms in total. The third-order valence-electron chi connectivity index (χ3n) is 3.54. The summed E-state index contributed by atoms with van der Waals surface area (Å²) in [5.74, 6) is -1.33. The van der Waals surface area contributed by atoms with E-state index in [-0.39, 0.29) is 11.1 Å². The normalized spacial score (nSPS) is 9.84. The second kappa shape index (κ2) is 7.92. The van der Waals surface area contributed by atoms with Gasteiger partial charge < -0.3 is 15.5 Å². The van der Waals surface area contributed by atoms with E-state index >= 15 is 0 Å². The molecule has 6 heteroatoms. The first-order valence-corrected chi connectivity index (χ1v) is 7.53. The number of fused-ring (bicyclic) bond motifs is 1. The number of carbonyl (C=O) groups is 2. The number of pyridine rings is 1. The molecule has 0 atom stereocenters. The van der Waals surface area contributed by atoms with Crippen LogP contribution < -0.4 is 5.32 Å². The Hall–Kier alpha value is -3.41. The van der Waals surface area contributed by atoms with Gasteiger partial charge in [-0.2, -0.15) is 0 Å². The van der Waals surface area contributed by atoms with Gasteiger partial charge in [-0.3, -0.25) is 0 Å². The van der Waals surface area contributed by atoms with Crippen LogP contribution in [0.1, 0.15) is 26.4 Å². The van der Waals surface area contributed by atoms with Gasteiger partial charge in [0.25, 0.3) is 0 Å². The van der Waals surface area contributed by atoms with Gasteiger partial charge in [0.15, 0.2) is 0 Å². The summed E-state index contributed by atoms with van der Waals surface area (Å²) in [6, 6.07) is 15.5. The van der Waals surface area contributed by atoms with Gasteiger partial charge in [-0.15, -0.1) is 0 Å². The van der Waals surface area contributed by atoms with Gasteiger partial charge in [-0.1, -0.05) is 30.3 Å². The Labute approximate surface area is 144 Å². The topological polar surface area (TPSA) is 99.5 Å². The van der Waals surface area contributed by atoms with Crippen molar-refractivity contribution in [1.29, 1.82) is 0 Å². The number of aryl methyl sites for hydroxylation is 1. The van der Waals surface area contributed by atoms with Crippen LogP contribution in [0, 0.1) is 6.92 Å². The Kier molecular flexibility index (Phi) is 5.68. The summed E-state index contributed by atoms with van der Waals surface area (Å²) < 4.78 is 0. The SMILES string of the molecule is CNc1cc2ccccc2c(C)n1.O=C(O)c1cccc(C(=O)O)c1. The van der Waals surface area contributed by atoms with E-state index in [1.165, 1.54) is 29.0 Å². The zero-order valence-electron chi connectivity index (χ0n) is 13.9. The number of aromatic carboxylic acids is 2. The molecule has 2 aromatic carbocycles. The van der Waals surface area contributed by atoms with E-state index in [0.717, 1.165) is 17.6 Å². The summed E-state index contributed by atoms with van der Waals surface area (Å²) in [5.41, 5.74) is 1.03. The van der Waals surface area contributed by atoms with E-state index in [4.69, 9.17) is 10.2 Å². The van der Waals surface area contributed by atoms with Gasteiger partial charge in [0.1, 0.15) is 5.82 Å². The highest BCUT2D eigenvalue weighted by Crippen LogP contribution is 2.19.